The first-order chi connectivity index (χ1) is 30.7. The van der Waals surface area contributed by atoms with Crippen LogP contribution < -0.4 is 4.90 Å². The molecule has 0 bridgehead atoms. The molecular weight excluding hydrogens is 751 g/mol. The topological polar surface area (TPSA) is 16.4 Å². The van der Waals surface area contributed by atoms with E-state index in [-0.39, 0.29) is 0 Å². The van der Waals surface area contributed by atoms with Crippen molar-refractivity contribution in [3.63, 3.8) is 0 Å². The van der Waals surface area contributed by atoms with Crippen molar-refractivity contribution < 1.29 is 4.42 Å². The first-order valence-electron chi connectivity index (χ1n) is 21.2. The smallest absolute Gasteiger partial charge is 0.143 e. The summed E-state index contributed by atoms with van der Waals surface area (Å²) in [5, 5.41) is 9.78. The summed E-state index contributed by atoms with van der Waals surface area (Å²) in [5.74, 6) is 0. The first kappa shape index (κ1) is 35.7. The predicted octanol–water partition coefficient (Wildman–Crippen LogP) is 17.2. The predicted molar refractivity (Wildman–Crippen MR) is 263 cm³/mol. The van der Waals surface area contributed by atoms with Gasteiger partial charge in [-0.3, -0.25) is 0 Å². The SMILES string of the molecule is c1cc(-c2cccc3c2ccc2ccccc23)cc(N(c2ccc(-c3ccc(-c4ccc5ccccc5c4)cc3)cc2)c2cccc(-c3cccc4c3oc3ccccc34)c2)c1. The Labute approximate surface area is 360 Å². The number of anilines is 3. The first-order valence-corrected chi connectivity index (χ1v) is 21.2. The van der Waals surface area contributed by atoms with Gasteiger partial charge in [0.1, 0.15) is 11.2 Å². The second-order valence-electron chi connectivity index (χ2n) is 16.1. The molecule has 1 aromatic heterocycles. The van der Waals surface area contributed by atoms with Crippen LogP contribution in [0.3, 0.4) is 0 Å². The standard InChI is InChI=1S/C60H39NO/c1-2-13-45-37-46(30-29-40(45)11-1)43-27-25-41(26-28-43)42-31-34-49(35-32-42)61(51-17-8-15-48(39-51)54-21-10-23-58-57-19-5-6-24-59(57)62-60(54)58)50-16-7-14-47(38-50)53-20-9-22-55-52-18-4-3-12-44(52)33-36-56(53)55/h1-39H. The second-order valence-corrected chi connectivity index (χ2v) is 16.1. The summed E-state index contributed by atoms with van der Waals surface area (Å²) >= 11 is 0. The van der Waals surface area contributed by atoms with Gasteiger partial charge >= 0.3 is 0 Å². The van der Waals surface area contributed by atoms with Crippen molar-refractivity contribution in [2.45, 2.75) is 0 Å². The van der Waals surface area contributed by atoms with Crippen LogP contribution in [-0.2, 0) is 0 Å². The molecule has 2 heteroatoms. The van der Waals surface area contributed by atoms with Gasteiger partial charge in [0.05, 0.1) is 0 Å². The van der Waals surface area contributed by atoms with Gasteiger partial charge in [0.15, 0.2) is 0 Å². The Morgan fingerprint density at radius 2 is 0.790 bits per heavy atom. The van der Waals surface area contributed by atoms with Gasteiger partial charge in [0, 0.05) is 33.4 Å². The highest BCUT2D eigenvalue weighted by molar-refractivity contribution is 6.12. The molecule has 11 aromatic carbocycles. The molecule has 1 heterocycles. The molecule has 0 radical (unpaired) electrons. The van der Waals surface area contributed by atoms with Crippen molar-refractivity contribution in [2.24, 2.45) is 0 Å². The third-order valence-electron chi connectivity index (χ3n) is 12.4. The minimum atomic E-state index is 0.898. The maximum Gasteiger partial charge on any atom is 0.143 e. The fourth-order valence-corrected chi connectivity index (χ4v) is 9.37. The van der Waals surface area contributed by atoms with Crippen LogP contribution in [0.15, 0.2) is 241 Å². The summed E-state index contributed by atoms with van der Waals surface area (Å²) < 4.78 is 6.53. The fourth-order valence-electron chi connectivity index (χ4n) is 9.37. The van der Waals surface area contributed by atoms with Crippen LogP contribution in [0.4, 0.5) is 17.1 Å². The quantitative estimate of drug-likeness (QED) is 0.150. The van der Waals surface area contributed by atoms with Crippen molar-refractivity contribution >= 4 is 71.3 Å². The lowest BCUT2D eigenvalue weighted by Gasteiger charge is -2.27. The summed E-state index contributed by atoms with van der Waals surface area (Å²) in [6.07, 6.45) is 0. The van der Waals surface area contributed by atoms with Crippen LogP contribution in [0.25, 0.3) is 98.8 Å². The van der Waals surface area contributed by atoms with E-state index in [2.05, 4.69) is 229 Å². The van der Waals surface area contributed by atoms with E-state index >= 15 is 0 Å². The van der Waals surface area contributed by atoms with E-state index < -0.39 is 0 Å². The number of benzene rings is 11. The Hall–Kier alpha value is -8.20. The highest BCUT2D eigenvalue weighted by atomic mass is 16.3. The van der Waals surface area contributed by atoms with Gasteiger partial charge in [-0.1, -0.05) is 188 Å². The summed E-state index contributed by atoms with van der Waals surface area (Å²) in [7, 11) is 0. The van der Waals surface area contributed by atoms with Crippen molar-refractivity contribution in [3.8, 4) is 44.5 Å². The molecule has 62 heavy (non-hydrogen) atoms. The van der Waals surface area contributed by atoms with E-state index in [4.69, 9.17) is 4.42 Å². The van der Waals surface area contributed by atoms with E-state index in [0.29, 0.717) is 0 Å². The molecule has 290 valence electrons. The summed E-state index contributed by atoms with van der Waals surface area (Å²) in [5.41, 5.74) is 14.3. The van der Waals surface area contributed by atoms with Gasteiger partial charge < -0.3 is 9.32 Å². The van der Waals surface area contributed by atoms with Crippen LogP contribution in [-0.4, -0.2) is 0 Å². The second kappa shape index (κ2) is 14.8. The molecule has 0 amide bonds. The fraction of sp³-hybridized carbons (Fsp3) is 0. The number of hydrogen-bond acceptors (Lipinski definition) is 2. The number of nitrogens with zero attached hydrogens (tertiary/aromatic N) is 1. The molecule has 0 aliphatic rings. The van der Waals surface area contributed by atoms with Crippen LogP contribution >= 0.6 is 0 Å². The van der Waals surface area contributed by atoms with E-state index in [9.17, 15) is 0 Å². The zero-order valence-corrected chi connectivity index (χ0v) is 33.9. The molecule has 0 saturated heterocycles. The Balaban J connectivity index is 0.958. The molecule has 0 fully saturated rings. The molecule has 0 aliphatic heterocycles. The van der Waals surface area contributed by atoms with E-state index in [1.54, 1.807) is 0 Å². The Bertz CT molecular complexity index is 3630. The van der Waals surface area contributed by atoms with Crippen LogP contribution in [0.5, 0.6) is 0 Å². The maximum absolute atomic E-state index is 6.53. The van der Waals surface area contributed by atoms with Gasteiger partial charge in [-0.2, -0.15) is 0 Å². The van der Waals surface area contributed by atoms with Crippen LogP contribution in [0.2, 0.25) is 0 Å². The summed E-state index contributed by atoms with van der Waals surface area (Å²) in [4.78, 5) is 2.37. The molecule has 0 atom stereocenters. The largest absolute Gasteiger partial charge is 0.455 e. The van der Waals surface area contributed by atoms with Crippen LogP contribution in [0.1, 0.15) is 0 Å². The van der Waals surface area contributed by atoms with E-state index in [1.165, 1.54) is 65.7 Å². The minimum absolute atomic E-state index is 0.898. The van der Waals surface area contributed by atoms with E-state index in [1.807, 2.05) is 12.1 Å². The molecule has 0 spiro atoms. The number of fused-ring (bicyclic) bond motifs is 7. The van der Waals surface area contributed by atoms with E-state index in [0.717, 1.165) is 50.1 Å². The minimum Gasteiger partial charge on any atom is -0.455 e. The molecular formula is C60H39NO. The van der Waals surface area contributed by atoms with Gasteiger partial charge in [-0.05, 0) is 120 Å². The number of furan rings is 1. The highest BCUT2D eigenvalue weighted by Crippen LogP contribution is 2.42. The molecule has 2 nitrogen and oxygen atoms in total. The van der Waals surface area contributed by atoms with Gasteiger partial charge in [0.2, 0.25) is 0 Å². The molecule has 0 unspecified atom stereocenters. The number of para-hydroxylation sites is 2. The zero-order valence-electron chi connectivity index (χ0n) is 33.9. The third-order valence-corrected chi connectivity index (χ3v) is 12.4. The Morgan fingerprint density at radius 3 is 1.55 bits per heavy atom. The number of hydrogen-bond donors (Lipinski definition) is 0. The lowest BCUT2D eigenvalue weighted by Crippen LogP contribution is -2.10. The molecule has 12 aromatic rings. The van der Waals surface area contributed by atoms with Gasteiger partial charge in [0.25, 0.3) is 0 Å². The van der Waals surface area contributed by atoms with Crippen LogP contribution in [0, 0.1) is 0 Å². The van der Waals surface area contributed by atoms with Crippen molar-refractivity contribution in [1.29, 1.82) is 0 Å². The van der Waals surface area contributed by atoms with Gasteiger partial charge in [-0.15, -0.1) is 0 Å². The van der Waals surface area contributed by atoms with Crippen molar-refractivity contribution in [1.82, 2.24) is 0 Å². The monoisotopic (exact) mass is 789 g/mol. The molecule has 0 saturated carbocycles. The summed E-state index contributed by atoms with van der Waals surface area (Å²) in [6.45, 7) is 0. The zero-order chi connectivity index (χ0) is 41.0. The molecule has 0 N–H and O–H groups in total. The highest BCUT2D eigenvalue weighted by Gasteiger charge is 2.18. The summed E-state index contributed by atoms with van der Waals surface area (Å²) in [6, 6.07) is 85.5. The third kappa shape index (κ3) is 6.20. The van der Waals surface area contributed by atoms with Crippen molar-refractivity contribution in [2.75, 3.05) is 4.90 Å². The lowest BCUT2D eigenvalue weighted by atomic mass is 9.94. The average molecular weight is 790 g/mol. The Morgan fingerprint density at radius 1 is 0.258 bits per heavy atom. The Kier molecular flexibility index (Phi) is 8.53. The maximum atomic E-state index is 6.53. The van der Waals surface area contributed by atoms with Crippen molar-refractivity contribution in [3.05, 3.63) is 237 Å². The normalized spacial score (nSPS) is 11.5. The average Bonchev–Trinajstić information content (AvgIpc) is 3.73. The molecule has 12 rings (SSSR count). The van der Waals surface area contributed by atoms with Gasteiger partial charge in [-0.25, -0.2) is 0 Å². The lowest BCUT2D eigenvalue weighted by molar-refractivity contribution is 0.670. The number of rotatable bonds is 7. The molecule has 0 aliphatic carbocycles.